The Morgan fingerprint density at radius 3 is 2.37 bits per heavy atom. The number of aliphatic hydroxyl groups excluding tert-OH is 2. The Bertz CT molecular complexity index is 415. The summed E-state index contributed by atoms with van der Waals surface area (Å²) in [5.41, 5.74) is 2.16. The van der Waals surface area contributed by atoms with Crippen molar-refractivity contribution >= 4 is 0 Å². The lowest BCUT2D eigenvalue weighted by Crippen LogP contribution is -2.31. The van der Waals surface area contributed by atoms with E-state index in [4.69, 9.17) is 10.2 Å². The van der Waals surface area contributed by atoms with Crippen LogP contribution >= 0.6 is 0 Å². The first kappa shape index (κ1) is 15.7. The molecule has 19 heavy (non-hydrogen) atoms. The van der Waals surface area contributed by atoms with Gasteiger partial charge < -0.3 is 10.2 Å². The van der Waals surface area contributed by atoms with Gasteiger partial charge in [-0.2, -0.15) is 0 Å². The molecular weight excluding hydrogens is 238 g/mol. The summed E-state index contributed by atoms with van der Waals surface area (Å²) in [6.45, 7) is 6.24. The summed E-state index contributed by atoms with van der Waals surface area (Å²) in [6, 6.07) is 8.54. The van der Waals surface area contributed by atoms with Crippen LogP contribution in [0.25, 0.3) is 0 Å². The summed E-state index contributed by atoms with van der Waals surface area (Å²) < 4.78 is 0. The Morgan fingerprint density at radius 1 is 1.16 bits per heavy atom. The number of aliphatic hydroxyl groups is 2. The van der Waals surface area contributed by atoms with Gasteiger partial charge in [0.05, 0.1) is 0 Å². The van der Waals surface area contributed by atoms with Gasteiger partial charge in [-0.15, -0.1) is 0 Å². The van der Waals surface area contributed by atoms with E-state index in [1.807, 2.05) is 12.1 Å². The van der Waals surface area contributed by atoms with Crippen LogP contribution in [-0.2, 0) is 6.54 Å². The average molecular weight is 261 g/mol. The zero-order valence-electron chi connectivity index (χ0n) is 11.8. The van der Waals surface area contributed by atoms with Gasteiger partial charge >= 0.3 is 0 Å². The predicted molar refractivity (Wildman–Crippen MR) is 77.7 cm³/mol. The average Bonchev–Trinajstić information content (AvgIpc) is 2.42. The summed E-state index contributed by atoms with van der Waals surface area (Å²) >= 11 is 0. The molecule has 0 unspecified atom stereocenters. The minimum Gasteiger partial charge on any atom is -0.396 e. The third-order valence-electron chi connectivity index (χ3n) is 2.99. The van der Waals surface area contributed by atoms with Crippen LogP contribution in [0.1, 0.15) is 31.4 Å². The van der Waals surface area contributed by atoms with Crippen LogP contribution in [0, 0.1) is 11.8 Å². The van der Waals surface area contributed by atoms with Crippen molar-refractivity contribution in [2.24, 2.45) is 0 Å². The first-order valence-electron chi connectivity index (χ1n) is 6.71. The number of benzene rings is 1. The zero-order chi connectivity index (χ0) is 14.1. The van der Waals surface area contributed by atoms with E-state index in [0.717, 1.165) is 25.1 Å². The molecule has 0 heterocycles. The molecule has 0 aliphatic rings. The van der Waals surface area contributed by atoms with Crippen molar-refractivity contribution in [1.29, 1.82) is 0 Å². The fraction of sp³-hybridized carbons (Fsp3) is 0.500. The molecule has 1 aromatic rings. The van der Waals surface area contributed by atoms with Gasteiger partial charge in [0.2, 0.25) is 0 Å². The maximum atomic E-state index is 8.92. The summed E-state index contributed by atoms with van der Waals surface area (Å²) in [6.07, 6.45) is 0.804. The van der Waals surface area contributed by atoms with Gasteiger partial charge in [0.1, 0.15) is 6.61 Å². The second-order valence-electron chi connectivity index (χ2n) is 4.80. The number of hydrogen-bond acceptors (Lipinski definition) is 3. The van der Waals surface area contributed by atoms with Crippen LogP contribution in [0.5, 0.6) is 0 Å². The monoisotopic (exact) mass is 261 g/mol. The third-order valence-corrected chi connectivity index (χ3v) is 2.99. The maximum absolute atomic E-state index is 8.92. The highest BCUT2D eigenvalue weighted by Gasteiger charge is 2.09. The lowest BCUT2D eigenvalue weighted by molar-refractivity contribution is 0.185. The predicted octanol–water partition coefficient (Wildman–Crippen LogP) is 1.62. The van der Waals surface area contributed by atoms with E-state index in [1.165, 1.54) is 5.56 Å². The second-order valence-corrected chi connectivity index (χ2v) is 4.80. The smallest absolute Gasteiger partial charge is 0.104 e. The molecule has 0 fully saturated rings. The fourth-order valence-corrected chi connectivity index (χ4v) is 1.86. The summed E-state index contributed by atoms with van der Waals surface area (Å²) in [5, 5.41) is 17.6. The van der Waals surface area contributed by atoms with Gasteiger partial charge in [-0.1, -0.05) is 24.0 Å². The van der Waals surface area contributed by atoms with Gasteiger partial charge in [0.25, 0.3) is 0 Å². The second kappa shape index (κ2) is 8.71. The largest absolute Gasteiger partial charge is 0.396 e. The fourth-order valence-electron chi connectivity index (χ4n) is 1.86. The molecule has 1 aromatic carbocycles. The number of hydrogen-bond donors (Lipinski definition) is 2. The van der Waals surface area contributed by atoms with Gasteiger partial charge in [-0.3, -0.25) is 4.90 Å². The first-order valence-corrected chi connectivity index (χ1v) is 6.71. The van der Waals surface area contributed by atoms with E-state index >= 15 is 0 Å². The highest BCUT2D eigenvalue weighted by Crippen LogP contribution is 2.10. The van der Waals surface area contributed by atoms with Gasteiger partial charge in [0.15, 0.2) is 0 Å². The van der Waals surface area contributed by atoms with E-state index in [1.54, 1.807) is 0 Å². The van der Waals surface area contributed by atoms with E-state index in [-0.39, 0.29) is 13.2 Å². The van der Waals surface area contributed by atoms with Crippen molar-refractivity contribution in [2.45, 2.75) is 32.9 Å². The molecule has 0 spiro atoms. The molecule has 0 aromatic heterocycles. The van der Waals surface area contributed by atoms with Gasteiger partial charge in [-0.25, -0.2) is 0 Å². The van der Waals surface area contributed by atoms with Crippen LogP contribution in [0.15, 0.2) is 24.3 Å². The molecule has 0 radical (unpaired) electrons. The zero-order valence-corrected chi connectivity index (χ0v) is 11.8. The highest BCUT2D eigenvalue weighted by molar-refractivity contribution is 5.36. The quantitative estimate of drug-likeness (QED) is 0.765. The summed E-state index contributed by atoms with van der Waals surface area (Å²) in [4.78, 5) is 2.34. The molecule has 104 valence electrons. The molecule has 0 aliphatic carbocycles. The van der Waals surface area contributed by atoms with Crippen LogP contribution in [-0.4, -0.2) is 40.9 Å². The molecule has 2 N–H and O–H groups in total. The minimum absolute atomic E-state index is 0.107. The Hall–Kier alpha value is -1.34. The van der Waals surface area contributed by atoms with Crippen LogP contribution in [0.4, 0.5) is 0 Å². The molecule has 0 aliphatic heterocycles. The molecule has 3 nitrogen and oxygen atoms in total. The SMILES string of the molecule is CC(C)N(CCCO)Cc1ccc(C#CCO)cc1. The van der Waals surface area contributed by atoms with Crippen molar-refractivity contribution in [1.82, 2.24) is 4.90 Å². The maximum Gasteiger partial charge on any atom is 0.104 e. The normalized spacial score (nSPS) is 10.6. The Balaban J connectivity index is 2.64. The van der Waals surface area contributed by atoms with Crippen molar-refractivity contribution < 1.29 is 10.2 Å². The van der Waals surface area contributed by atoms with Crippen molar-refractivity contribution in [3.8, 4) is 11.8 Å². The van der Waals surface area contributed by atoms with E-state index in [9.17, 15) is 0 Å². The number of rotatable bonds is 6. The van der Waals surface area contributed by atoms with Crippen LogP contribution in [0.2, 0.25) is 0 Å². The molecule has 0 saturated heterocycles. The Labute approximate surface area is 115 Å². The minimum atomic E-state index is -0.107. The van der Waals surface area contributed by atoms with Gasteiger partial charge in [-0.05, 0) is 38.0 Å². The first-order chi connectivity index (χ1) is 9.17. The molecular formula is C16H23NO2. The van der Waals surface area contributed by atoms with E-state index < -0.39 is 0 Å². The molecule has 0 atom stereocenters. The molecule has 0 saturated carbocycles. The standard InChI is InChI=1S/C16H23NO2/c1-14(2)17(10-4-12-19)13-16-8-6-15(7-9-16)5-3-11-18/h6-9,14,18-19H,4,10-13H2,1-2H3. The topological polar surface area (TPSA) is 43.7 Å². The van der Waals surface area contributed by atoms with Crippen molar-refractivity contribution in [3.63, 3.8) is 0 Å². The highest BCUT2D eigenvalue weighted by atomic mass is 16.3. The lowest BCUT2D eigenvalue weighted by Gasteiger charge is -2.26. The summed E-state index contributed by atoms with van der Waals surface area (Å²) in [5.74, 6) is 5.52. The Kier molecular flexibility index (Phi) is 7.20. The van der Waals surface area contributed by atoms with Gasteiger partial charge in [0, 0.05) is 31.3 Å². The molecule has 3 heteroatoms. The molecule has 0 bridgehead atoms. The van der Waals surface area contributed by atoms with E-state index in [0.29, 0.717) is 6.04 Å². The lowest BCUT2D eigenvalue weighted by atomic mass is 10.1. The Morgan fingerprint density at radius 2 is 1.84 bits per heavy atom. The van der Waals surface area contributed by atoms with Crippen LogP contribution < -0.4 is 0 Å². The van der Waals surface area contributed by atoms with Crippen LogP contribution in [0.3, 0.4) is 0 Å². The van der Waals surface area contributed by atoms with Crippen molar-refractivity contribution in [2.75, 3.05) is 19.8 Å². The molecule has 0 amide bonds. The van der Waals surface area contributed by atoms with Crippen molar-refractivity contribution in [3.05, 3.63) is 35.4 Å². The summed E-state index contributed by atoms with van der Waals surface area (Å²) in [7, 11) is 0. The number of nitrogens with zero attached hydrogens (tertiary/aromatic N) is 1. The third kappa shape index (κ3) is 5.89. The molecule has 1 rings (SSSR count). The van der Waals surface area contributed by atoms with E-state index in [2.05, 4.69) is 42.7 Å².